The maximum absolute atomic E-state index is 5.46. The lowest BCUT2D eigenvalue weighted by Gasteiger charge is -2.11. The summed E-state index contributed by atoms with van der Waals surface area (Å²) >= 11 is 6.87. The van der Waals surface area contributed by atoms with Crippen molar-refractivity contribution >= 4 is 37.5 Å². The summed E-state index contributed by atoms with van der Waals surface area (Å²) in [5, 5.41) is 3.28. The van der Waals surface area contributed by atoms with E-state index in [-0.39, 0.29) is 0 Å². The van der Waals surface area contributed by atoms with Gasteiger partial charge in [0.1, 0.15) is 0 Å². The quantitative estimate of drug-likeness (QED) is 0.843. The topological polar surface area (TPSA) is 47.0 Å². The fourth-order valence-corrected chi connectivity index (χ4v) is 2.66. The molecule has 4 nitrogen and oxygen atoms in total. The van der Waals surface area contributed by atoms with Crippen molar-refractivity contribution < 1.29 is 4.74 Å². The van der Waals surface area contributed by atoms with Gasteiger partial charge in [-0.25, -0.2) is 4.98 Å². The Hall–Kier alpha value is -1.14. The van der Waals surface area contributed by atoms with Gasteiger partial charge in [-0.15, -0.1) is 0 Å². The molecule has 19 heavy (non-hydrogen) atoms. The largest absolute Gasteiger partial charge is 0.476 e. The molecule has 0 radical (unpaired) electrons. The molecule has 0 bridgehead atoms. The summed E-state index contributed by atoms with van der Waals surface area (Å²) in [5.74, 6) is 0.609. The third-order valence-corrected chi connectivity index (χ3v) is 3.50. The van der Waals surface area contributed by atoms with Crippen LogP contribution in [0.1, 0.15) is 12.6 Å². The average molecular weight is 387 g/mol. The first kappa shape index (κ1) is 14.3. The molecule has 2 aromatic rings. The standard InChI is InChI=1S/C13H13Br2N3O/c1-2-19-13-11(4-3-5-16-13)18-8-12-10(15)6-9(14)7-17-12/h3-7,18H,2,8H2,1H3. The van der Waals surface area contributed by atoms with Crippen LogP contribution in [0.3, 0.4) is 0 Å². The molecule has 0 unspecified atom stereocenters. The van der Waals surface area contributed by atoms with E-state index >= 15 is 0 Å². The van der Waals surface area contributed by atoms with E-state index in [9.17, 15) is 0 Å². The Balaban J connectivity index is 2.10. The fourth-order valence-electron chi connectivity index (χ4n) is 1.53. The summed E-state index contributed by atoms with van der Waals surface area (Å²) in [6.45, 7) is 3.12. The van der Waals surface area contributed by atoms with Gasteiger partial charge in [0.25, 0.3) is 0 Å². The van der Waals surface area contributed by atoms with Crippen molar-refractivity contribution in [1.82, 2.24) is 9.97 Å². The third-order valence-electron chi connectivity index (χ3n) is 2.38. The Bertz CT molecular complexity index is 563. The molecule has 100 valence electrons. The minimum atomic E-state index is 0.589. The van der Waals surface area contributed by atoms with Crippen molar-refractivity contribution in [2.75, 3.05) is 11.9 Å². The smallest absolute Gasteiger partial charge is 0.237 e. The highest BCUT2D eigenvalue weighted by Crippen LogP contribution is 2.23. The maximum Gasteiger partial charge on any atom is 0.237 e. The number of nitrogens with zero attached hydrogens (tertiary/aromatic N) is 2. The number of hydrogen-bond donors (Lipinski definition) is 1. The van der Waals surface area contributed by atoms with Gasteiger partial charge < -0.3 is 10.1 Å². The highest BCUT2D eigenvalue weighted by Gasteiger charge is 2.06. The van der Waals surface area contributed by atoms with E-state index in [0.717, 1.165) is 20.3 Å². The molecule has 0 atom stereocenters. The molecule has 2 rings (SSSR count). The molecule has 2 heterocycles. The predicted molar refractivity (Wildman–Crippen MR) is 82.4 cm³/mol. The van der Waals surface area contributed by atoms with Crippen LogP contribution >= 0.6 is 31.9 Å². The SMILES string of the molecule is CCOc1ncccc1NCc1ncc(Br)cc1Br. The monoisotopic (exact) mass is 385 g/mol. The van der Waals surface area contributed by atoms with Crippen LogP contribution in [-0.2, 0) is 6.54 Å². The number of ether oxygens (including phenoxy) is 1. The van der Waals surface area contributed by atoms with Crippen LogP contribution < -0.4 is 10.1 Å². The number of rotatable bonds is 5. The van der Waals surface area contributed by atoms with Crippen LogP contribution in [0.15, 0.2) is 39.5 Å². The molecule has 0 aliphatic heterocycles. The summed E-state index contributed by atoms with van der Waals surface area (Å²) in [7, 11) is 0. The Morgan fingerprint density at radius 2 is 2.16 bits per heavy atom. The molecular formula is C13H13Br2N3O. The van der Waals surface area contributed by atoms with Crippen LogP contribution in [0.4, 0.5) is 5.69 Å². The van der Waals surface area contributed by atoms with E-state index in [0.29, 0.717) is 19.0 Å². The van der Waals surface area contributed by atoms with Gasteiger partial charge in [-0.1, -0.05) is 0 Å². The van der Waals surface area contributed by atoms with Gasteiger partial charge in [0.15, 0.2) is 0 Å². The molecule has 0 aliphatic rings. The Labute approximate surface area is 128 Å². The lowest BCUT2D eigenvalue weighted by atomic mass is 10.3. The van der Waals surface area contributed by atoms with Gasteiger partial charge in [0, 0.05) is 21.3 Å². The Morgan fingerprint density at radius 1 is 1.32 bits per heavy atom. The summed E-state index contributed by atoms with van der Waals surface area (Å²) in [4.78, 5) is 8.54. The lowest BCUT2D eigenvalue weighted by molar-refractivity contribution is 0.328. The van der Waals surface area contributed by atoms with Gasteiger partial charge >= 0.3 is 0 Å². The Kier molecular flexibility index (Phi) is 5.15. The summed E-state index contributed by atoms with van der Waals surface area (Å²) in [6, 6.07) is 5.77. The van der Waals surface area contributed by atoms with Crippen molar-refractivity contribution in [3.05, 3.63) is 45.2 Å². The van der Waals surface area contributed by atoms with E-state index in [1.54, 1.807) is 12.4 Å². The summed E-state index contributed by atoms with van der Waals surface area (Å²) in [5.41, 5.74) is 1.79. The molecule has 2 aromatic heterocycles. The van der Waals surface area contributed by atoms with Gasteiger partial charge in [-0.05, 0) is 57.0 Å². The van der Waals surface area contributed by atoms with Crippen LogP contribution in [-0.4, -0.2) is 16.6 Å². The van der Waals surface area contributed by atoms with E-state index in [1.807, 2.05) is 25.1 Å². The number of pyridine rings is 2. The molecular weight excluding hydrogens is 374 g/mol. The van der Waals surface area contributed by atoms with E-state index < -0.39 is 0 Å². The molecule has 0 aliphatic carbocycles. The predicted octanol–water partition coefficient (Wildman–Crippen LogP) is 4.01. The minimum Gasteiger partial charge on any atom is -0.476 e. The van der Waals surface area contributed by atoms with Crippen molar-refractivity contribution in [2.45, 2.75) is 13.5 Å². The Morgan fingerprint density at radius 3 is 2.89 bits per heavy atom. The summed E-state index contributed by atoms with van der Waals surface area (Å²) in [6.07, 6.45) is 3.48. The van der Waals surface area contributed by atoms with Crippen LogP contribution in [0.25, 0.3) is 0 Å². The van der Waals surface area contributed by atoms with Crippen molar-refractivity contribution in [3.63, 3.8) is 0 Å². The number of anilines is 1. The molecule has 0 fully saturated rings. The zero-order valence-electron chi connectivity index (χ0n) is 10.4. The van der Waals surface area contributed by atoms with E-state index in [2.05, 4.69) is 47.1 Å². The van der Waals surface area contributed by atoms with Crippen molar-refractivity contribution in [3.8, 4) is 5.88 Å². The van der Waals surface area contributed by atoms with Gasteiger partial charge in [0.2, 0.25) is 5.88 Å². The first-order valence-corrected chi connectivity index (χ1v) is 7.41. The second kappa shape index (κ2) is 6.86. The van der Waals surface area contributed by atoms with Crippen molar-refractivity contribution in [1.29, 1.82) is 0 Å². The van der Waals surface area contributed by atoms with E-state index in [4.69, 9.17) is 4.74 Å². The lowest BCUT2D eigenvalue weighted by Crippen LogP contribution is -2.05. The highest BCUT2D eigenvalue weighted by molar-refractivity contribution is 9.11. The van der Waals surface area contributed by atoms with Crippen LogP contribution in [0.5, 0.6) is 5.88 Å². The second-order valence-corrected chi connectivity index (χ2v) is 5.49. The molecule has 0 spiro atoms. The maximum atomic E-state index is 5.46. The first-order valence-electron chi connectivity index (χ1n) is 5.82. The van der Waals surface area contributed by atoms with E-state index in [1.165, 1.54) is 0 Å². The zero-order chi connectivity index (χ0) is 13.7. The first-order chi connectivity index (χ1) is 9.20. The zero-order valence-corrected chi connectivity index (χ0v) is 13.5. The molecule has 0 amide bonds. The third kappa shape index (κ3) is 3.91. The van der Waals surface area contributed by atoms with Gasteiger partial charge in [-0.2, -0.15) is 0 Å². The molecule has 0 aromatic carbocycles. The number of halogens is 2. The van der Waals surface area contributed by atoms with Crippen LogP contribution in [0, 0.1) is 0 Å². The number of aromatic nitrogens is 2. The number of hydrogen-bond acceptors (Lipinski definition) is 4. The fraction of sp³-hybridized carbons (Fsp3) is 0.231. The molecule has 0 saturated carbocycles. The van der Waals surface area contributed by atoms with Crippen molar-refractivity contribution in [2.24, 2.45) is 0 Å². The normalized spacial score (nSPS) is 10.3. The molecule has 1 N–H and O–H groups in total. The second-order valence-electron chi connectivity index (χ2n) is 3.72. The molecule has 6 heteroatoms. The highest BCUT2D eigenvalue weighted by atomic mass is 79.9. The summed E-state index contributed by atoms with van der Waals surface area (Å²) < 4.78 is 7.36. The van der Waals surface area contributed by atoms with Crippen LogP contribution in [0.2, 0.25) is 0 Å². The van der Waals surface area contributed by atoms with Gasteiger partial charge in [-0.3, -0.25) is 4.98 Å². The average Bonchev–Trinajstić information content (AvgIpc) is 2.40. The minimum absolute atomic E-state index is 0.589. The number of nitrogens with one attached hydrogen (secondary N) is 1. The molecule has 0 saturated heterocycles. The van der Waals surface area contributed by atoms with Gasteiger partial charge in [0.05, 0.1) is 24.5 Å².